The van der Waals surface area contributed by atoms with Crippen molar-refractivity contribution >= 4 is 27.6 Å². The number of piperidine rings is 1. The fourth-order valence-electron chi connectivity index (χ4n) is 3.88. The minimum Gasteiger partial charge on any atom is -0.331 e. The molecule has 2 aliphatic rings. The molecule has 2 aliphatic heterocycles. The summed E-state index contributed by atoms with van der Waals surface area (Å²) in [6, 6.07) is 8.82. The van der Waals surface area contributed by atoms with E-state index in [9.17, 15) is 4.79 Å². The fourth-order valence-corrected chi connectivity index (χ4v) is 4.78. The third-order valence-electron chi connectivity index (χ3n) is 5.22. The summed E-state index contributed by atoms with van der Waals surface area (Å²) in [5, 5.41) is 7.60. The molecular formula is C18H24N4OS. The van der Waals surface area contributed by atoms with Crippen molar-refractivity contribution in [1.82, 2.24) is 20.5 Å². The lowest BCUT2D eigenvalue weighted by atomic mass is 9.89. The van der Waals surface area contributed by atoms with Crippen molar-refractivity contribution in [1.29, 1.82) is 0 Å². The molecule has 2 amide bonds. The first-order valence-electron chi connectivity index (χ1n) is 8.90. The van der Waals surface area contributed by atoms with Crippen LogP contribution in [-0.4, -0.2) is 41.6 Å². The lowest BCUT2D eigenvalue weighted by Crippen LogP contribution is -2.46. The van der Waals surface area contributed by atoms with E-state index < -0.39 is 0 Å². The van der Waals surface area contributed by atoms with E-state index >= 15 is 0 Å². The van der Waals surface area contributed by atoms with Crippen molar-refractivity contribution in [2.75, 3.05) is 19.6 Å². The topological polar surface area (TPSA) is 57.3 Å². The second-order valence-electron chi connectivity index (χ2n) is 6.76. The number of likely N-dealkylation sites (tertiary alicyclic amines) is 1. The first-order chi connectivity index (χ1) is 11.8. The summed E-state index contributed by atoms with van der Waals surface area (Å²) in [4.78, 5) is 18.9. The van der Waals surface area contributed by atoms with Crippen LogP contribution in [0.15, 0.2) is 24.3 Å². The maximum absolute atomic E-state index is 12.4. The van der Waals surface area contributed by atoms with Crippen LogP contribution in [0.4, 0.5) is 4.79 Å². The first kappa shape index (κ1) is 15.8. The van der Waals surface area contributed by atoms with E-state index in [0.717, 1.165) is 48.9 Å². The zero-order chi connectivity index (χ0) is 16.4. The largest absolute Gasteiger partial charge is 0.331 e. The van der Waals surface area contributed by atoms with E-state index in [-0.39, 0.29) is 6.03 Å². The molecule has 3 heterocycles. The molecule has 1 aromatic heterocycles. The molecule has 2 fully saturated rings. The van der Waals surface area contributed by atoms with Crippen LogP contribution in [0.3, 0.4) is 0 Å². The standard InChI is InChI=1S/C18H24N4OS/c23-18(20-12-17-21-15-4-1-2-6-16(15)24-17)22-10-7-13(8-11-22)14-5-3-9-19-14/h1-2,4,6,13-14,19H,3,5,7-12H2,(H,20,23). The number of carbonyl (C=O) groups excluding carboxylic acids is 1. The maximum Gasteiger partial charge on any atom is 0.317 e. The van der Waals surface area contributed by atoms with Gasteiger partial charge in [-0.1, -0.05) is 12.1 Å². The second-order valence-corrected chi connectivity index (χ2v) is 7.88. The van der Waals surface area contributed by atoms with Gasteiger partial charge in [0.15, 0.2) is 0 Å². The van der Waals surface area contributed by atoms with Crippen LogP contribution in [0.5, 0.6) is 0 Å². The summed E-state index contributed by atoms with van der Waals surface area (Å²) < 4.78 is 1.17. The molecule has 5 nitrogen and oxygen atoms in total. The lowest BCUT2D eigenvalue weighted by molar-refractivity contribution is 0.159. The van der Waals surface area contributed by atoms with E-state index in [1.807, 2.05) is 23.1 Å². The highest BCUT2D eigenvalue weighted by Crippen LogP contribution is 2.26. The molecular weight excluding hydrogens is 320 g/mol. The number of urea groups is 1. The number of hydrogen-bond donors (Lipinski definition) is 2. The highest BCUT2D eigenvalue weighted by Gasteiger charge is 2.29. The highest BCUT2D eigenvalue weighted by molar-refractivity contribution is 7.18. The summed E-state index contributed by atoms with van der Waals surface area (Å²) in [6.45, 7) is 3.42. The Hall–Kier alpha value is -1.66. The number of aromatic nitrogens is 1. The second kappa shape index (κ2) is 7.07. The van der Waals surface area contributed by atoms with Gasteiger partial charge in [-0.25, -0.2) is 9.78 Å². The van der Waals surface area contributed by atoms with Crippen LogP contribution in [0.1, 0.15) is 30.7 Å². The number of thiazole rings is 1. The van der Waals surface area contributed by atoms with Crippen LogP contribution < -0.4 is 10.6 Å². The van der Waals surface area contributed by atoms with Gasteiger partial charge in [-0.05, 0) is 50.3 Å². The summed E-state index contributed by atoms with van der Waals surface area (Å²) in [7, 11) is 0. The molecule has 4 rings (SSSR count). The summed E-state index contributed by atoms with van der Waals surface area (Å²) >= 11 is 1.65. The van der Waals surface area contributed by atoms with Gasteiger partial charge in [0, 0.05) is 19.1 Å². The SMILES string of the molecule is O=C(NCc1nc2ccccc2s1)N1CCC(C2CCCN2)CC1. The predicted molar refractivity (Wildman–Crippen MR) is 97.2 cm³/mol. The van der Waals surface area contributed by atoms with Crippen LogP contribution in [-0.2, 0) is 6.54 Å². The molecule has 2 N–H and O–H groups in total. The predicted octanol–water partition coefficient (Wildman–Crippen LogP) is 2.97. The number of para-hydroxylation sites is 1. The van der Waals surface area contributed by atoms with Gasteiger partial charge < -0.3 is 15.5 Å². The average Bonchev–Trinajstić information content (AvgIpc) is 3.29. The third kappa shape index (κ3) is 3.39. The lowest BCUT2D eigenvalue weighted by Gasteiger charge is -2.34. The number of amides is 2. The number of nitrogens with one attached hydrogen (secondary N) is 2. The Balaban J connectivity index is 1.27. The number of benzene rings is 1. The molecule has 0 saturated carbocycles. The summed E-state index contributed by atoms with van der Waals surface area (Å²) in [5.74, 6) is 0.737. The molecule has 0 spiro atoms. The molecule has 128 valence electrons. The molecule has 1 unspecified atom stereocenters. The van der Waals surface area contributed by atoms with Crippen molar-refractivity contribution in [2.45, 2.75) is 38.3 Å². The van der Waals surface area contributed by atoms with E-state index in [1.165, 1.54) is 17.5 Å². The maximum atomic E-state index is 12.4. The molecule has 24 heavy (non-hydrogen) atoms. The normalized spacial score (nSPS) is 22.2. The summed E-state index contributed by atoms with van der Waals surface area (Å²) in [6.07, 6.45) is 4.83. The van der Waals surface area contributed by atoms with E-state index in [2.05, 4.69) is 21.7 Å². The first-order valence-corrected chi connectivity index (χ1v) is 9.72. The van der Waals surface area contributed by atoms with Crippen LogP contribution >= 0.6 is 11.3 Å². The Labute approximate surface area is 146 Å². The molecule has 1 atom stereocenters. The Kier molecular flexibility index (Phi) is 4.67. The minimum atomic E-state index is 0.0482. The van der Waals surface area contributed by atoms with Gasteiger partial charge in [-0.15, -0.1) is 11.3 Å². The van der Waals surface area contributed by atoms with Crippen molar-refractivity contribution < 1.29 is 4.79 Å². The van der Waals surface area contributed by atoms with Crippen molar-refractivity contribution in [3.8, 4) is 0 Å². The van der Waals surface area contributed by atoms with Gasteiger partial charge >= 0.3 is 6.03 Å². The molecule has 2 saturated heterocycles. The van der Waals surface area contributed by atoms with Gasteiger partial charge in [-0.3, -0.25) is 0 Å². The van der Waals surface area contributed by atoms with Crippen molar-refractivity contribution in [3.63, 3.8) is 0 Å². The Morgan fingerprint density at radius 1 is 1.29 bits per heavy atom. The minimum absolute atomic E-state index is 0.0482. The van der Waals surface area contributed by atoms with Gasteiger partial charge in [0.1, 0.15) is 5.01 Å². The molecule has 0 aliphatic carbocycles. The quantitative estimate of drug-likeness (QED) is 0.900. The molecule has 0 radical (unpaired) electrons. The zero-order valence-electron chi connectivity index (χ0n) is 13.8. The van der Waals surface area contributed by atoms with E-state index in [1.54, 1.807) is 11.3 Å². The van der Waals surface area contributed by atoms with Gasteiger partial charge in [-0.2, -0.15) is 0 Å². The summed E-state index contributed by atoms with van der Waals surface area (Å²) in [5.41, 5.74) is 1.01. The van der Waals surface area contributed by atoms with Crippen molar-refractivity contribution in [3.05, 3.63) is 29.3 Å². The average molecular weight is 344 g/mol. The Bertz CT molecular complexity index is 669. The number of hydrogen-bond acceptors (Lipinski definition) is 4. The molecule has 1 aromatic carbocycles. The number of rotatable bonds is 3. The smallest absolute Gasteiger partial charge is 0.317 e. The number of fused-ring (bicyclic) bond motifs is 1. The number of carbonyl (C=O) groups is 1. The Morgan fingerprint density at radius 2 is 2.12 bits per heavy atom. The number of nitrogens with zero attached hydrogens (tertiary/aromatic N) is 2. The van der Waals surface area contributed by atoms with Crippen molar-refractivity contribution in [2.24, 2.45) is 5.92 Å². The van der Waals surface area contributed by atoms with Crippen LogP contribution in [0.2, 0.25) is 0 Å². The van der Waals surface area contributed by atoms with Gasteiger partial charge in [0.25, 0.3) is 0 Å². The van der Waals surface area contributed by atoms with E-state index in [0.29, 0.717) is 12.6 Å². The highest BCUT2D eigenvalue weighted by atomic mass is 32.1. The monoisotopic (exact) mass is 344 g/mol. The molecule has 2 aromatic rings. The van der Waals surface area contributed by atoms with Gasteiger partial charge in [0.2, 0.25) is 0 Å². The Morgan fingerprint density at radius 3 is 2.88 bits per heavy atom. The third-order valence-corrected chi connectivity index (χ3v) is 6.26. The van der Waals surface area contributed by atoms with Crippen LogP contribution in [0, 0.1) is 5.92 Å². The molecule has 6 heteroatoms. The van der Waals surface area contributed by atoms with E-state index in [4.69, 9.17) is 0 Å². The molecule has 0 bridgehead atoms. The van der Waals surface area contributed by atoms with Crippen LogP contribution in [0.25, 0.3) is 10.2 Å². The van der Waals surface area contributed by atoms with Gasteiger partial charge in [0.05, 0.1) is 16.8 Å². The fraction of sp³-hybridized carbons (Fsp3) is 0.556. The zero-order valence-corrected chi connectivity index (χ0v) is 14.6.